The molecule has 1 N–H and O–H groups in total. The number of rotatable bonds is 12. The van der Waals surface area contributed by atoms with Gasteiger partial charge in [0.15, 0.2) is 11.6 Å². The fourth-order valence-corrected chi connectivity index (χ4v) is 5.55. The maximum absolute atomic E-state index is 14.9. The number of carbonyl (C=O) groups is 1. The Morgan fingerprint density at radius 1 is 0.820 bits per heavy atom. The van der Waals surface area contributed by atoms with Crippen LogP contribution in [0.1, 0.15) is 36.5 Å². The van der Waals surface area contributed by atoms with Gasteiger partial charge in [0.2, 0.25) is 0 Å². The van der Waals surface area contributed by atoms with Gasteiger partial charge in [-0.1, -0.05) is 86.1 Å². The third-order valence-corrected chi connectivity index (χ3v) is 8.33. The Morgan fingerprint density at radius 3 is 2.02 bits per heavy atom. The summed E-state index contributed by atoms with van der Waals surface area (Å²) in [7, 11) is 0. The molecule has 0 bridgehead atoms. The van der Waals surface area contributed by atoms with Crippen LogP contribution in [0.4, 0.5) is 23.2 Å². The molecule has 6 nitrogen and oxygen atoms in total. The van der Waals surface area contributed by atoms with Crippen molar-refractivity contribution in [3.05, 3.63) is 149 Å². The number of nitriles is 1. The molecule has 0 amide bonds. The zero-order valence-corrected chi connectivity index (χ0v) is 27.6. The van der Waals surface area contributed by atoms with E-state index in [0.29, 0.717) is 28.4 Å². The number of ether oxygens (including phenoxy) is 3. The molecular weight excluding hydrogens is 672 g/mol. The maximum Gasteiger partial charge on any atom is 0.416 e. The number of carbonyl (C=O) groups excluding carboxylic acids is 1. The van der Waals surface area contributed by atoms with E-state index >= 15 is 0 Å². The van der Waals surface area contributed by atoms with Gasteiger partial charge in [0.05, 0.1) is 28.3 Å². The highest BCUT2D eigenvalue weighted by Gasteiger charge is 2.44. The summed E-state index contributed by atoms with van der Waals surface area (Å²) in [5.41, 5.74) is -1.46. The molecule has 0 aliphatic rings. The molecule has 50 heavy (non-hydrogen) atoms. The van der Waals surface area contributed by atoms with Crippen molar-refractivity contribution in [2.24, 2.45) is 5.41 Å². The molecule has 0 radical (unpaired) electrons. The smallest absolute Gasteiger partial charge is 0.416 e. The second-order valence-electron chi connectivity index (χ2n) is 11.9. The number of nitrogens with one attached hydrogen (secondary N) is 1. The van der Waals surface area contributed by atoms with Crippen molar-refractivity contribution in [3.8, 4) is 29.1 Å². The summed E-state index contributed by atoms with van der Waals surface area (Å²) >= 11 is 6.30. The van der Waals surface area contributed by atoms with Crippen LogP contribution in [0.3, 0.4) is 0 Å². The highest BCUT2D eigenvalue weighted by Crippen LogP contribution is 2.43. The Hall–Kier alpha value is -5.53. The zero-order valence-electron chi connectivity index (χ0n) is 26.9. The van der Waals surface area contributed by atoms with Gasteiger partial charge in [-0.2, -0.15) is 18.4 Å². The van der Waals surface area contributed by atoms with Gasteiger partial charge in [0.25, 0.3) is 0 Å². The van der Waals surface area contributed by atoms with Crippen LogP contribution in [-0.4, -0.2) is 12.0 Å². The second kappa shape index (κ2) is 15.3. The number of hydrogen-bond donors (Lipinski definition) is 1. The van der Waals surface area contributed by atoms with Crippen molar-refractivity contribution in [2.75, 3.05) is 5.32 Å². The minimum absolute atomic E-state index is 0.00592. The van der Waals surface area contributed by atoms with Crippen LogP contribution >= 0.6 is 11.6 Å². The van der Waals surface area contributed by atoms with E-state index in [1.807, 2.05) is 18.2 Å². The van der Waals surface area contributed by atoms with E-state index in [9.17, 15) is 27.6 Å². The number of halogens is 5. The summed E-state index contributed by atoms with van der Waals surface area (Å²) in [6.45, 7) is 3.00. The van der Waals surface area contributed by atoms with Crippen LogP contribution in [0.5, 0.6) is 23.0 Å². The van der Waals surface area contributed by atoms with Gasteiger partial charge >= 0.3 is 12.1 Å². The van der Waals surface area contributed by atoms with Gasteiger partial charge in [-0.25, -0.2) is 9.18 Å². The van der Waals surface area contributed by atoms with Crippen LogP contribution in [0.2, 0.25) is 5.02 Å². The topological polar surface area (TPSA) is 80.6 Å². The summed E-state index contributed by atoms with van der Waals surface area (Å²) in [5.74, 6) is -1.36. The highest BCUT2D eigenvalue weighted by atomic mass is 35.5. The van der Waals surface area contributed by atoms with Crippen LogP contribution in [0.15, 0.2) is 121 Å². The predicted octanol–water partition coefficient (Wildman–Crippen LogP) is 10.9. The van der Waals surface area contributed by atoms with E-state index < -0.39 is 40.9 Å². The number of benzene rings is 5. The summed E-state index contributed by atoms with van der Waals surface area (Å²) in [6, 6.07) is 31.9. The zero-order chi connectivity index (χ0) is 35.9. The average molecular weight is 703 g/mol. The van der Waals surface area contributed by atoms with Crippen molar-refractivity contribution in [3.63, 3.8) is 0 Å². The number of para-hydroxylation sites is 3. The Kier molecular flexibility index (Phi) is 11.0. The monoisotopic (exact) mass is 702 g/mol. The van der Waals surface area contributed by atoms with Gasteiger partial charge in [-0.3, -0.25) is 0 Å². The van der Waals surface area contributed by atoms with E-state index in [2.05, 4.69) is 11.4 Å². The third kappa shape index (κ3) is 8.54. The molecule has 5 aromatic carbocycles. The molecule has 11 heteroatoms. The molecular formula is C39H31ClF4N2O4. The Balaban J connectivity index is 1.48. The lowest BCUT2D eigenvalue weighted by atomic mass is 9.70. The molecule has 0 aromatic heterocycles. The van der Waals surface area contributed by atoms with Crippen molar-refractivity contribution in [2.45, 2.75) is 38.6 Å². The second-order valence-corrected chi connectivity index (χ2v) is 12.3. The fourth-order valence-electron chi connectivity index (χ4n) is 5.31. The molecule has 0 aliphatic heterocycles. The first-order valence-corrected chi connectivity index (χ1v) is 15.8. The van der Waals surface area contributed by atoms with E-state index in [0.717, 1.165) is 24.3 Å². The van der Waals surface area contributed by atoms with Crippen molar-refractivity contribution in [1.82, 2.24) is 0 Å². The summed E-state index contributed by atoms with van der Waals surface area (Å²) in [5, 5.41) is 13.1. The van der Waals surface area contributed by atoms with Crippen LogP contribution in [0, 0.1) is 22.6 Å². The predicted molar refractivity (Wildman–Crippen MR) is 182 cm³/mol. The van der Waals surface area contributed by atoms with E-state index in [1.165, 1.54) is 12.1 Å². The summed E-state index contributed by atoms with van der Waals surface area (Å²) in [4.78, 5) is 14.0. The number of anilines is 1. The molecule has 0 spiro atoms. The molecule has 0 aliphatic carbocycles. The molecule has 0 saturated carbocycles. The van der Waals surface area contributed by atoms with Crippen molar-refractivity contribution >= 4 is 23.3 Å². The third-order valence-electron chi connectivity index (χ3n) is 8.02. The molecule has 0 fully saturated rings. The maximum atomic E-state index is 14.9. The number of esters is 1. The van der Waals surface area contributed by atoms with Crippen LogP contribution in [-0.2, 0) is 22.3 Å². The lowest BCUT2D eigenvalue weighted by Gasteiger charge is -2.37. The first-order chi connectivity index (χ1) is 23.9. The Morgan fingerprint density at radius 2 is 1.42 bits per heavy atom. The molecule has 5 rings (SSSR count). The number of alkyl halides is 3. The van der Waals surface area contributed by atoms with Crippen molar-refractivity contribution in [1.29, 1.82) is 5.26 Å². The Labute approximate surface area is 291 Å². The fraction of sp³-hybridized carbons (Fsp3) is 0.179. The van der Waals surface area contributed by atoms with E-state index in [-0.39, 0.29) is 23.1 Å². The van der Waals surface area contributed by atoms with Gasteiger partial charge < -0.3 is 19.5 Å². The molecule has 2 atom stereocenters. The summed E-state index contributed by atoms with van der Waals surface area (Å²) in [6.07, 6.45) is -4.65. The van der Waals surface area contributed by atoms with Crippen LogP contribution in [0.25, 0.3) is 0 Å². The first kappa shape index (κ1) is 35.8. The standard InChI is InChI=1S/C39H31ClF4N2O4/c1-38(2,30(23-45)25-17-19-32(41)35(21-25)50-29-14-7-4-8-15-29)36(46-33-20-18-27(22-31(33)40)39(42,43)44)37(47)48-24-26-11-9-10-16-34(26)49-28-12-5-3-6-13-28/h3-22,30,36,46H,24H2,1-2H3/t30-,36+/m1/s1. The number of nitrogens with zero attached hydrogens (tertiary/aromatic N) is 1. The lowest BCUT2D eigenvalue weighted by Crippen LogP contribution is -2.47. The lowest BCUT2D eigenvalue weighted by molar-refractivity contribution is -0.148. The van der Waals surface area contributed by atoms with E-state index in [1.54, 1.807) is 80.6 Å². The molecule has 0 unspecified atom stereocenters. The normalized spacial score (nSPS) is 12.7. The SMILES string of the molecule is CC(C)([C@H](C#N)c1ccc(F)c(Oc2ccccc2)c1)[C@@H](Nc1ccc(C(F)(F)F)cc1Cl)C(=O)OCc1ccccc1Oc1ccccc1. The van der Waals surface area contributed by atoms with E-state index in [4.69, 9.17) is 25.8 Å². The Bertz CT molecular complexity index is 1980. The summed E-state index contributed by atoms with van der Waals surface area (Å²) < 4.78 is 72.7. The highest BCUT2D eigenvalue weighted by molar-refractivity contribution is 6.33. The minimum atomic E-state index is -4.65. The quantitative estimate of drug-likeness (QED) is 0.103. The van der Waals surface area contributed by atoms with Gasteiger partial charge in [0, 0.05) is 11.0 Å². The average Bonchev–Trinajstić information content (AvgIpc) is 3.09. The van der Waals surface area contributed by atoms with Crippen LogP contribution < -0.4 is 14.8 Å². The van der Waals surface area contributed by atoms with Crippen molar-refractivity contribution < 1.29 is 36.6 Å². The van der Waals surface area contributed by atoms with Gasteiger partial charge in [0.1, 0.15) is 29.9 Å². The molecule has 0 heterocycles. The first-order valence-electron chi connectivity index (χ1n) is 15.4. The van der Waals surface area contributed by atoms with Gasteiger partial charge in [-0.05, 0) is 66.2 Å². The largest absolute Gasteiger partial charge is 0.459 e. The molecule has 5 aromatic rings. The molecule has 0 saturated heterocycles. The molecule has 256 valence electrons. The van der Waals surface area contributed by atoms with Gasteiger partial charge in [-0.15, -0.1) is 0 Å². The number of hydrogen-bond acceptors (Lipinski definition) is 6. The minimum Gasteiger partial charge on any atom is -0.459 e.